The van der Waals surface area contributed by atoms with Crippen LogP contribution in [0.25, 0.3) is 0 Å². The van der Waals surface area contributed by atoms with Crippen molar-refractivity contribution in [1.29, 1.82) is 0 Å². The van der Waals surface area contributed by atoms with E-state index in [0.717, 1.165) is 0 Å². The van der Waals surface area contributed by atoms with E-state index in [1.165, 1.54) is 0 Å². The van der Waals surface area contributed by atoms with Crippen molar-refractivity contribution in [2.24, 2.45) is 5.41 Å². The zero-order valence-electron chi connectivity index (χ0n) is 5.93. The van der Waals surface area contributed by atoms with Gasteiger partial charge in [0, 0.05) is 10.8 Å². The van der Waals surface area contributed by atoms with Crippen LogP contribution in [0.2, 0.25) is 0 Å². The van der Waals surface area contributed by atoms with Crippen molar-refractivity contribution in [2.75, 3.05) is 4.43 Å². The fourth-order valence-electron chi connectivity index (χ4n) is 0.590. The maximum atomic E-state index is 11.7. The molecule has 0 aliphatic rings. The Bertz CT molecular complexity index is 106. The lowest BCUT2D eigenvalue weighted by Crippen LogP contribution is -2.23. The zero-order chi connectivity index (χ0) is 8.41. The average molecular weight is 266 g/mol. The van der Waals surface area contributed by atoms with E-state index < -0.39 is 18.0 Å². The van der Waals surface area contributed by atoms with Crippen molar-refractivity contribution < 1.29 is 13.2 Å². The van der Waals surface area contributed by atoms with Crippen molar-refractivity contribution in [3.8, 4) is 0 Å². The van der Waals surface area contributed by atoms with E-state index in [9.17, 15) is 13.2 Å². The molecule has 0 heterocycles. The monoisotopic (exact) mass is 266 g/mol. The molecular formula is C6H10F3I. The third kappa shape index (κ3) is 5.32. The maximum Gasteiger partial charge on any atom is 0.389 e. The van der Waals surface area contributed by atoms with Crippen molar-refractivity contribution in [2.45, 2.75) is 26.4 Å². The maximum absolute atomic E-state index is 11.7. The van der Waals surface area contributed by atoms with E-state index in [4.69, 9.17) is 0 Å². The summed E-state index contributed by atoms with van der Waals surface area (Å²) in [4.78, 5) is 0. The van der Waals surface area contributed by atoms with E-state index in [1.807, 2.05) is 22.6 Å². The second kappa shape index (κ2) is 3.28. The van der Waals surface area contributed by atoms with Gasteiger partial charge in [-0.2, -0.15) is 13.2 Å². The molecule has 0 saturated heterocycles. The molecule has 0 N–H and O–H groups in total. The summed E-state index contributed by atoms with van der Waals surface area (Å²) in [7, 11) is 0. The SMILES string of the molecule is CC(C)(CI)CC(F)(F)F. The fourth-order valence-corrected chi connectivity index (χ4v) is 0.860. The predicted octanol–water partition coefficient (Wildman–Crippen LogP) is 3.40. The molecule has 0 atom stereocenters. The highest BCUT2D eigenvalue weighted by atomic mass is 127. The van der Waals surface area contributed by atoms with Crippen molar-refractivity contribution in [1.82, 2.24) is 0 Å². The lowest BCUT2D eigenvalue weighted by molar-refractivity contribution is -0.151. The molecule has 0 unspecified atom stereocenters. The Morgan fingerprint density at radius 2 is 1.60 bits per heavy atom. The topological polar surface area (TPSA) is 0 Å². The standard InChI is InChI=1S/C6H10F3I/c1-5(2,4-10)3-6(7,8)9/h3-4H2,1-2H3. The number of rotatable bonds is 2. The molecule has 0 aromatic heterocycles. The van der Waals surface area contributed by atoms with Gasteiger partial charge >= 0.3 is 6.18 Å². The molecule has 0 aliphatic heterocycles. The Balaban J connectivity index is 3.89. The highest BCUT2D eigenvalue weighted by Gasteiger charge is 2.35. The minimum Gasteiger partial charge on any atom is -0.171 e. The Hall–Kier alpha value is 0.520. The van der Waals surface area contributed by atoms with E-state index in [2.05, 4.69) is 0 Å². The van der Waals surface area contributed by atoms with Crippen LogP contribution >= 0.6 is 22.6 Å². The second-order valence-electron chi connectivity index (χ2n) is 3.09. The van der Waals surface area contributed by atoms with Crippen LogP contribution < -0.4 is 0 Å². The van der Waals surface area contributed by atoms with E-state index in [1.54, 1.807) is 13.8 Å². The first-order valence-corrected chi connectivity index (χ1v) is 4.42. The molecule has 0 aromatic carbocycles. The number of halogens is 4. The highest BCUT2D eigenvalue weighted by molar-refractivity contribution is 14.1. The fraction of sp³-hybridized carbons (Fsp3) is 1.00. The largest absolute Gasteiger partial charge is 0.389 e. The van der Waals surface area contributed by atoms with Crippen LogP contribution in [0.3, 0.4) is 0 Å². The summed E-state index contributed by atoms with van der Waals surface area (Å²) < 4.78 is 35.7. The lowest BCUT2D eigenvalue weighted by atomic mass is 9.92. The molecule has 0 aromatic rings. The molecule has 0 spiro atoms. The molecule has 0 amide bonds. The second-order valence-corrected chi connectivity index (χ2v) is 3.85. The van der Waals surface area contributed by atoms with Gasteiger partial charge in [-0.25, -0.2) is 0 Å². The first-order valence-electron chi connectivity index (χ1n) is 2.89. The quantitative estimate of drug-likeness (QED) is 0.530. The van der Waals surface area contributed by atoms with Gasteiger partial charge in [0.2, 0.25) is 0 Å². The Morgan fingerprint density at radius 1 is 1.20 bits per heavy atom. The molecule has 62 valence electrons. The summed E-state index contributed by atoms with van der Waals surface area (Å²) in [6.45, 7) is 3.24. The molecule has 0 radical (unpaired) electrons. The Kier molecular flexibility index (Phi) is 3.45. The third-order valence-corrected chi connectivity index (χ3v) is 3.11. The van der Waals surface area contributed by atoms with Crippen LogP contribution in [-0.2, 0) is 0 Å². The minimum atomic E-state index is -4.02. The van der Waals surface area contributed by atoms with Crippen molar-refractivity contribution in [3.63, 3.8) is 0 Å². The first-order chi connectivity index (χ1) is 4.27. The van der Waals surface area contributed by atoms with Gasteiger partial charge in [0.05, 0.1) is 0 Å². The van der Waals surface area contributed by atoms with Gasteiger partial charge in [0.15, 0.2) is 0 Å². The van der Waals surface area contributed by atoms with Gasteiger partial charge in [-0.05, 0) is 5.41 Å². The van der Waals surface area contributed by atoms with Crippen molar-refractivity contribution in [3.05, 3.63) is 0 Å². The molecular weight excluding hydrogens is 256 g/mol. The normalized spacial score (nSPS) is 13.8. The molecule has 0 bridgehead atoms. The Labute approximate surface area is 72.3 Å². The van der Waals surface area contributed by atoms with E-state index >= 15 is 0 Å². The highest BCUT2D eigenvalue weighted by Crippen LogP contribution is 2.34. The number of hydrogen-bond acceptors (Lipinski definition) is 0. The van der Waals surface area contributed by atoms with Crippen LogP contribution in [0, 0.1) is 5.41 Å². The molecule has 0 nitrogen and oxygen atoms in total. The van der Waals surface area contributed by atoms with Gasteiger partial charge in [0.1, 0.15) is 0 Å². The number of alkyl halides is 4. The van der Waals surface area contributed by atoms with Gasteiger partial charge in [-0.15, -0.1) is 0 Å². The predicted molar refractivity (Wildman–Crippen MR) is 43.3 cm³/mol. The molecule has 0 rings (SSSR count). The minimum absolute atomic E-state index is 0.532. The van der Waals surface area contributed by atoms with E-state index in [-0.39, 0.29) is 0 Å². The third-order valence-electron chi connectivity index (χ3n) is 1.04. The summed E-state index contributed by atoms with van der Waals surface area (Å²) in [5.41, 5.74) is -0.612. The summed E-state index contributed by atoms with van der Waals surface area (Å²) in [6, 6.07) is 0. The van der Waals surface area contributed by atoms with Gasteiger partial charge in [-0.1, -0.05) is 36.4 Å². The van der Waals surface area contributed by atoms with Gasteiger partial charge in [0.25, 0.3) is 0 Å². The number of hydrogen-bond donors (Lipinski definition) is 0. The lowest BCUT2D eigenvalue weighted by Gasteiger charge is -2.22. The molecule has 0 fully saturated rings. The molecule has 0 aliphatic carbocycles. The van der Waals surface area contributed by atoms with Gasteiger partial charge < -0.3 is 0 Å². The summed E-state index contributed by atoms with van der Waals surface area (Å²) in [5, 5.41) is 0. The van der Waals surface area contributed by atoms with Crippen LogP contribution in [0.5, 0.6) is 0 Å². The summed E-state index contributed by atoms with van der Waals surface area (Å²) in [6.07, 6.45) is -4.71. The van der Waals surface area contributed by atoms with Crippen molar-refractivity contribution >= 4 is 22.6 Å². The molecule has 10 heavy (non-hydrogen) atoms. The summed E-state index contributed by atoms with van der Waals surface area (Å²) in [5.74, 6) is 0. The first kappa shape index (κ1) is 10.5. The molecule has 4 heteroatoms. The van der Waals surface area contributed by atoms with Crippen LogP contribution in [0.4, 0.5) is 13.2 Å². The van der Waals surface area contributed by atoms with E-state index in [0.29, 0.717) is 4.43 Å². The van der Waals surface area contributed by atoms with Gasteiger partial charge in [-0.3, -0.25) is 0 Å². The van der Waals surface area contributed by atoms with Crippen LogP contribution in [0.1, 0.15) is 20.3 Å². The smallest absolute Gasteiger partial charge is 0.171 e. The zero-order valence-corrected chi connectivity index (χ0v) is 8.08. The average Bonchev–Trinajstić information content (AvgIpc) is 1.60. The van der Waals surface area contributed by atoms with Crippen LogP contribution in [-0.4, -0.2) is 10.6 Å². The Morgan fingerprint density at radius 3 is 1.70 bits per heavy atom. The van der Waals surface area contributed by atoms with Crippen LogP contribution in [0.15, 0.2) is 0 Å². The summed E-state index contributed by atoms with van der Waals surface area (Å²) >= 11 is 1.97. The molecule has 0 saturated carbocycles.